The minimum Gasteiger partial charge on any atom is -0.309 e. The molecule has 0 amide bonds. The van der Waals surface area contributed by atoms with E-state index in [2.05, 4.69) is 171 Å². The summed E-state index contributed by atoms with van der Waals surface area (Å²) in [6.45, 7) is 6.89. The summed E-state index contributed by atoms with van der Waals surface area (Å²) in [5.74, 6) is 0.713. The zero-order valence-corrected chi connectivity index (χ0v) is 28.9. The van der Waals surface area contributed by atoms with Crippen LogP contribution in [0.2, 0.25) is 0 Å². The lowest BCUT2D eigenvalue weighted by Crippen LogP contribution is -2.15. The predicted octanol–water partition coefficient (Wildman–Crippen LogP) is 12.3. The third kappa shape index (κ3) is 4.44. The Kier molecular flexibility index (Phi) is 6.44. The molecular weight excluding hydrogens is 619 g/mol. The molecule has 1 aliphatic carbocycles. The third-order valence-corrected chi connectivity index (χ3v) is 10.9. The highest BCUT2D eigenvalue weighted by Gasteiger charge is 2.37. The number of nitrogens with zero attached hydrogens (tertiary/aromatic N) is 3. The summed E-state index contributed by atoms with van der Waals surface area (Å²) in [6.07, 6.45) is 0. The topological polar surface area (TPSA) is 30.7 Å². The summed E-state index contributed by atoms with van der Waals surface area (Å²) >= 11 is 0. The normalized spacial score (nSPS) is 13.2. The minimum absolute atomic E-state index is 0.153. The van der Waals surface area contributed by atoms with E-state index in [1.807, 2.05) is 12.1 Å². The van der Waals surface area contributed by atoms with E-state index in [0.717, 1.165) is 39.3 Å². The monoisotopic (exact) mass is 653 g/mol. The molecule has 3 nitrogen and oxygen atoms in total. The highest BCUT2D eigenvalue weighted by Crippen LogP contribution is 2.53. The van der Waals surface area contributed by atoms with Crippen molar-refractivity contribution in [3.8, 4) is 50.7 Å². The quantitative estimate of drug-likeness (QED) is 0.189. The van der Waals surface area contributed by atoms with E-state index < -0.39 is 0 Å². The Labute approximate surface area is 297 Å². The molecule has 0 unspecified atom stereocenters. The predicted molar refractivity (Wildman–Crippen MR) is 212 cm³/mol. The fourth-order valence-corrected chi connectivity index (χ4v) is 8.52. The molecule has 0 radical (unpaired) electrons. The molecule has 0 spiro atoms. The van der Waals surface area contributed by atoms with E-state index in [4.69, 9.17) is 9.97 Å². The van der Waals surface area contributed by atoms with Crippen molar-refractivity contribution in [2.24, 2.45) is 0 Å². The van der Waals surface area contributed by atoms with Crippen LogP contribution in [0.3, 0.4) is 0 Å². The average Bonchev–Trinajstić information content (AvgIpc) is 3.62. The first-order chi connectivity index (χ1) is 25.0. The fourth-order valence-electron chi connectivity index (χ4n) is 8.52. The largest absolute Gasteiger partial charge is 0.309 e. The molecule has 242 valence electrons. The van der Waals surface area contributed by atoms with Crippen molar-refractivity contribution in [2.45, 2.75) is 26.2 Å². The average molecular weight is 654 g/mol. The Morgan fingerprint density at radius 1 is 0.490 bits per heavy atom. The first kappa shape index (κ1) is 29.6. The molecule has 51 heavy (non-hydrogen) atoms. The van der Waals surface area contributed by atoms with Gasteiger partial charge in [-0.15, -0.1) is 0 Å². The minimum atomic E-state index is -0.153. The molecule has 1 aliphatic rings. The molecule has 3 heteroatoms. The molecule has 0 aliphatic heterocycles. The third-order valence-electron chi connectivity index (χ3n) is 10.9. The summed E-state index contributed by atoms with van der Waals surface area (Å²) in [5.41, 5.74) is 14.9. The van der Waals surface area contributed by atoms with Crippen molar-refractivity contribution in [2.75, 3.05) is 0 Å². The van der Waals surface area contributed by atoms with Gasteiger partial charge in [-0.3, -0.25) is 0 Å². The van der Waals surface area contributed by atoms with Crippen molar-refractivity contribution < 1.29 is 0 Å². The maximum Gasteiger partial charge on any atom is 0.160 e. The number of rotatable bonds is 4. The first-order valence-electron chi connectivity index (χ1n) is 17.7. The Hall–Kier alpha value is -6.32. The Morgan fingerprint density at radius 2 is 1.12 bits per heavy atom. The molecule has 0 saturated heterocycles. The van der Waals surface area contributed by atoms with Crippen molar-refractivity contribution >= 4 is 32.6 Å². The number of fused-ring (bicyclic) bond motifs is 8. The van der Waals surface area contributed by atoms with Crippen molar-refractivity contribution in [3.05, 3.63) is 174 Å². The van der Waals surface area contributed by atoms with E-state index in [9.17, 15) is 0 Å². The van der Waals surface area contributed by atoms with Crippen molar-refractivity contribution in [1.82, 2.24) is 14.5 Å². The summed E-state index contributed by atoms with van der Waals surface area (Å²) in [5, 5.41) is 5.13. The number of para-hydroxylation sites is 1. The van der Waals surface area contributed by atoms with Gasteiger partial charge in [0.15, 0.2) is 5.82 Å². The molecule has 2 heterocycles. The van der Waals surface area contributed by atoms with E-state index in [0.29, 0.717) is 5.82 Å². The van der Waals surface area contributed by atoms with Crippen LogP contribution in [0, 0.1) is 6.92 Å². The van der Waals surface area contributed by atoms with Crippen LogP contribution in [0.5, 0.6) is 0 Å². The van der Waals surface area contributed by atoms with Crippen molar-refractivity contribution in [3.63, 3.8) is 0 Å². The van der Waals surface area contributed by atoms with Gasteiger partial charge < -0.3 is 4.57 Å². The second-order valence-electron chi connectivity index (χ2n) is 14.3. The molecule has 0 N–H and O–H groups in total. The Balaban J connectivity index is 1.19. The molecular formula is C48H35N3. The van der Waals surface area contributed by atoms with Crippen molar-refractivity contribution in [1.29, 1.82) is 0 Å². The summed E-state index contributed by atoms with van der Waals surface area (Å²) in [6, 6.07) is 56.7. The molecule has 0 saturated carbocycles. The van der Waals surface area contributed by atoms with Crippen LogP contribution in [-0.2, 0) is 5.41 Å². The van der Waals surface area contributed by atoms with Crippen LogP contribution in [-0.4, -0.2) is 14.5 Å². The van der Waals surface area contributed by atoms with E-state index in [1.165, 1.54) is 54.8 Å². The van der Waals surface area contributed by atoms with Gasteiger partial charge >= 0.3 is 0 Å². The van der Waals surface area contributed by atoms with Crippen LogP contribution < -0.4 is 0 Å². The van der Waals surface area contributed by atoms with Crippen LogP contribution >= 0.6 is 0 Å². The maximum absolute atomic E-state index is 5.24. The molecule has 0 bridgehead atoms. The summed E-state index contributed by atoms with van der Waals surface area (Å²) < 4.78 is 2.43. The van der Waals surface area contributed by atoms with Crippen LogP contribution in [0.15, 0.2) is 158 Å². The molecule has 0 fully saturated rings. The van der Waals surface area contributed by atoms with E-state index in [-0.39, 0.29) is 5.41 Å². The Bertz CT molecular complexity index is 2770. The van der Waals surface area contributed by atoms with Crippen LogP contribution in [0.4, 0.5) is 0 Å². The van der Waals surface area contributed by atoms with Gasteiger partial charge in [-0.2, -0.15) is 0 Å². The standard InChI is InChI=1S/C48H35N3/c1-30-45(32-16-6-4-7-17-32)49-47(50-46(30)33-18-8-5-9-19-33)34-20-14-21-35(27-34)51-42-24-13-12-23-37(42)40-28-39-38-26-25-31-15-10-11-22-36(31)44(38)48(2,3)41(39)29-43(40)51/h4-29H,1-3H3. The van der Waals surface area contributed by atoms with Gasteiger partial charge in [0.25, 0.3) is 0 Å². The smallest absolute Gasteiger partial charge is 0.160 e. The molecule has 7 aromatic carbocycles. The van der Waals surface area contributed by atoms with Gasteiger partial charge in [0.2, 0.25) is 0 Å². The number of hydrogen-bond donors (Lipinski definition) is 0. The molecule has 10 rings (SSSR count). The lowest BCUT2D eigenvalue weighted by Gasteiger charge is -2.23. The lowest BCUT2D eigenvalue weighted by molar-refractivity contribution is 0.667. The number of hydrogen-bond acceptors (Lipinski definition) is 2. The molecule has 0 atom stereocenters. The second kappa shape index (κ2) is 11.1. The Morgan fingerprint density at radius 3 is 1.84 bits per heavy atom. The lowest BCUT2D eigenvalue weighted by atomic mass is 9.80. The first-order valence-corrected chi connectivity index (χ1v) is 17.7. The molecule has 2 aromatic heterocycles. The molecule has 9 aromatic rings. The van der Waals surface area contributed by atoms with Gasteiger partial charge in [-0.05, 0) is 70.3 Å². The van der Waals surface area contributed by atoms with Gasteiger partial charge in [0, 0.05) is 44.1 Å². The second-order valence-corrected chi connectivity index (χ2v) is 14.3. The van der Waals surface area contributed by atoms with Crippen LogP contribution in [0.1, 0.15) is 30.5 Å². The summed E-state index contributed by atoms with van der Waals surface area (Å²) in [7, 11) is 0. The summed E-state index contributed by atoms with van der Waals surface area (Å²) in [4.78, 5) is 10.5. The van der Waals surface area contributed by atoms with Gasteiger partial charge in [0.1, 0.15) is 0 Å². The highest BCUT2D eigenvalue weighted by molar-refractivity contribution is 6.12. The van der Waals surface area contributed by atoms with E-state index in [1.54, 1.807) is 0 Å². The van der Waals surface area contributed by atoms with Gasteiger partial charge in [-0.25, -0.2) is 9.97 Å². The van der Waals surface area contributed by atoms with E-state index >= 15 is 0 Å². The SMILES string of the molecule is Cc1c(-c2ccccc2)nc(-c2cccc(-n3c4ccccc4c4cc5c(cc43)C(C)(C)c3c-5ccc4ccccc34)c2)nc1-c1ccccc1. The van der Waals surface area contributed by atoms with Gasteiger partial charge in [0.05, 0.1) is 22.4 Å². The van der Waals surface area contributed by atoms with Crippen LogP contribution in [0.25, 0.3) is 83.3 Å². The fraction of sp³-hybridized carbons (Fsp3) is 0.0833. The zero-order chi connectivity index (χ0) is 34.3. The number of benzene rings is 7. The maximum atomic E-state index is 5.24. The number of aromatic nitrogens is 3. The van der Waals surface area contributed by atoms with Gasteiger partial charge in [-0.1, -0.05) is 141 Å². The highest BCUT2D eigenvalue weighted by atomic mass is 15.0. The zero-order valence-electron chi connectivity index (χ0n) is 28.9.